The van der Waals surface area contributed by atoms with Gasteiger partial charge in [0.05, 0.1) is 17.6 Å². The zero-order chi connectivity index (χ0) is 20.2. The van der Waals surface area contributed by atoms with Crippen LogP contribution < -0.4 is 0 Å². The molecule has 6 heteroatoms. The second kappa shape index (κ2) is 8.76. The molecule has 0 radical (unpaired) electrons. The molecule has 0 aliphatic carbocycles. The fraction of sp³-hybridized carbons (Fsp3) is 0.174. The van der Waals surface area contributed by atoms with Gasteiger partial charge in [0.15, 0.2) is 0 Å². The van der Waals surface area contributed by atoms with Crippen LogP contribution in [0.25, 0.3) is 21.3 Å². The Morgan fingerprint density at radius 3 is 2.76 bits per heavy atom. The van der Waals surface area contributed by atoms with Crippen LogP contribution in [0.5, 0.6) is 0 Å². The zero-order valence-corrected chi connectivity index (χ0v) is 17.8. The van der Waals surface area contributed by atoms with Crippen molar-refractivity contribution >= 4 is 39.3 Å². The molecule has 4 aromatic rings. The van der Waals surface area contributed by atoms with Crippen LogP contribution in [-0.4, -0.2) is 22.5 Å². The fourth-order valence-electron chi connectivity index (χ4n) is 3.06. The van der Waals surface area contributed by atoms with Gasteiger partial charge in [-0.3, -0.25) is 0 Å². The van der Waals surface area contributed by atoms with Crippen LogP contribution in [0, 0.1) is 6.92 Å². The minimum Gasteiger partial charge on any atom is -0.462 e. The highest BCUT2D eigenvalue weighted by atomic mass is 32.2. The molecule has 0 atom stereocenters. The maximum absolute atomic E-state index is 12.0. The summed E-state index contributed by atoms with van der Waals surface area (Å²) in [6.45, 7) is 4.27. The molecule has 4 rings (SSSR count). The molecule has 2 aromatic heterocycles. The molecular formula is C23H20N2O2S2. The van der Waals surface area contributed by atoms with Gasteiger partial charge in [-0.15, -0.1) is 23.1 Å². The third kappa shape index (κ3) is 4.33. The van der Waals surface area contributed by atoms with Gasteiger partial charge in [-0.05, 0) is 37.1 Å². The summed E-state index contributed by atoms with van der Waals surface area (Å²) < 4.78 is 5.10. The number of nitrogens with zero attached hydrogens (tertiary/aromatic N) is 2. The van der Waals surface area contributed by atoms with Gasteiger partial charge in [0.25, 0.3) is 0 Å². The summed E-state index contributed by atoms with van der Waals surface area (Å²) in [6, 6.07) is 16.1. The molecule has 0 N–H and O–H groups in total. The lowest BCUT2D eigenvalue weighted by molar-refractivity contribution is 0.0526. The minimum atomic E-state index is -0.289. The molecule has 0 saturated carbocycles. The Morgan fingerprint density at radius 1 is 1.14 bits per heavy atom. The van der Waals surface area contributed by atoms with Crippen LogP contribution in [-0.2, 0) is 10.5 Å². The molecule has 29 heavy (non-hydrogen) atoms. The second-order valence-corrected chi connectivity index (χ2v) is 8.41. The van der Waals surface area contributed by atoms with Crippen molar-refractivity contribution in [1.82, 2.24) is 9.97 Å². The predicted molar refractivity (Wildman–Crippen MR) is 120 cm³/mol. The first-order chi connectivity index (χ1) is 14.2. The normalized spacial score (nSPS) is 11.0. The van der Waals surface area contributed by atoms with E-state index in [1.165, 1.54) is 11.1 Å². The van der Waals surface area contributed by atoms with E-state index in [0.717, 1.165) is 26.4 Å². The average molecular weight is 421 g/mol. The van der Waals surface area contributed by atoms with E-state index < -0.39 is 0 Å². The summed E-state index contributed by atoms with van der Waals surface area (Å²) in [4.78, 5) is 22.0. The van der Waals surface area contributed by atoms with Crippen molar-refractivity contribution in [3.05, 3.63) is 76.9 Å². The maximum Gasteiger partial charge on any atom is 0.338 e. The lowest BCUT2D eigenvalue weighted by Crippen LogP contribution is -2.04. The maximum atomic E-state index is 12.0. The Hall–Kier alpha value is -2.70. The molecule has 0 fully saturated rings. The highest BCUT2D eigenvalue weighted by Crippen LogP contribution is 2.38. The Bertz CT molecular complexity index is 1150. The van der Waals surface area contributed by atoms with Crippen molar-refractivity contribution in [3.8, 4) is 11.1 Å². The number of rotatable bonds is 6. The molecule has 0 aliphatic heterocycles. The number of fused-ring (bicyclic) bond motifs is 1. The van der Waals surface area contributed by atoms with Crippen molar-refractivity contribution in [2.45, 2.75) is 24.6 Å². The third-order valence-corrected chi connectivity index (χ3v) is 6.46. The molecule has 2 heterocycles. The Morgan fingerprint density at radius 2 is 1.97 bits per heavy atom. The summed E-state index contributed by atoms with van der Waals surface area (Å²) in [6.07, 6.45) is 1.62. The van der Waals surface area contributed by atoms with Crippen molar-refractivity contribution in [2.24, 2.45) is 0 Å². The topological polar surface area (TPSA) is 52.1 Å². The van der Waals surface area contributed by atoms with Crippen LogP contribution in [0.15, 0.2) is 65.3 Å². The highest BCUT2D eigenvalue weighted by molar-refractivity contribution is 7.98. The van der Waals surface area contributed by atoms with Gasteiger partial charge >= 0.3 is 5.97 Å². The number of aryl methyl sites for hydroxylation is 1. The molecule has 2 aromatic carbocycles. The van der Waals surface area contributed by atoms with Crippen LogP contribution in [0.2, 0.25) is 0 Å². The van der Waals surface area contributed by atoms with Gasteiger partial charge in [0.1, 0.15) is 16.2 Å². The van der Waals surface area contributed by atoms with E-state index in [1.807, 2.05) is 25.1 Å². The van der Waals surface area contributed by atoms with Crippen LogP contribution in [0.4, 0.5) is 0 Å². The molecule has 146 valence electrons. The summed E-state index contributed by atoms with van der Waals surface area (Å²) in [5.74, 6) is 0.422. The Labute approximate surface area is 178 Å². The van der Waals surface area contributed by atoms with Crippen molar-refractivity contribution in [1.29, 1.82) is 0 Å². The van der Waals surface area contributed by atoms with E-state index in [9.17, 15) is 4.79 Å². The number of esters is 1. The molecule has 0 spiro atoms. The third-order valence-electron chi connectivity index (χ3n) is 4.51. The molecule has 0 bridgehead atoms. The van der Waals surface area contributed by atoms with Gasteiger partial charge in [0.2, 0.25) is 0 Å². The molecule has 0 saturated heterocycles. The van der Waals surface area contributed by atoms with Crippen molar-refractivity contribution in [3.63, 3.8) is 0 Å². The number of benzene rings is 2. The number of carbonyl (C=O) groups is 1. The quantitative estimate of drug-likeness (QED) is 0.213. The van der Waals surface area contributed by atoms with Gasteiger partial charge in [0, 0.05) is 16.7 Å². The first-order valence-corrected chi connectivity index (χ1v) is 11.2. The Kier molecular flexibility index (Phi) is 5.92. The van der Waals surface area contributed by atoms with E-state index in [2.05, 4.69) is 46.5 Å². The van der Waals surface area contributed by atoms with Crippen molar-refractivity contribution in [2.75, 3.05) is 6.61 Å². The monoisotopic (exact) mass is 420 g/mol. The average Bonchev–Trinajstić information content (AvgIpc) is 3.18. The number of aromatic nitrogens is 2. The number of ether oxygens (including phenoxy) is 1. The fourth-order valence-corrected chi connectivity index (χ4v) is 4.99. The number of carbonyl (C=O) groups excluding carboxylic acids is 1. The second-order valence-electron chi connectivity index (χ2n) is 6.58. The smallest absolute Gasteiger partial charge is 0.338 e. The number of hydrogen-bond acceptors (Lipinski definition) is 6. The lowest BCUT2D eigenvalue weighted by atomic mass is 10.1. The zero-order valence-electron chi connectivity index (χ0n) is 16.2. The summed E-state index contributed by atoms with van der Waals surface area (Å²) in [5.41, 5.74) is 5.20. The minimum absolute atomic E-state index is 0.289. The van der Waals surface area contributed by atoms with E-state index in [1.54, 1.807) is 35.5 Å². The van der Waals surface area contributed by atoms with Crippen LogP contribution in [0.3, 0.4) is 0 Å². The van der Waals surface area contributed by atoms with Crippen molar-refractivity contribution < 1.29 is 9.53 Å². The first kappa shape index (κ1) is 19.6. The molecule has 0 amide bonds. The van der Waals surface area contributed by atoms with Gasteiger partial charge in [-0.2, -0.15) is 0 Å². The standard InChI is InChI=1S/C23H20N2O2S2/c1-3-27-23(26)18-6-4-5-16(11-18)12-28-21-20-19(13-29-22(20)25-14-24-21)17-9-7-15(2)8-10-17/h4-11,13-14H,3,12H2,1-2H3. The summed E-state index contributed by atoms with van der Waals surface area (Å²) >= 11 is 3.29. The van der Waals surface area contributed by atoms with Gasteiger partial charge < -0.3 is 4.74 Å². The van der Waals surface area contributed by atoms with Gasteiger partial charge in [-0.25, -0.2) is 14.8 Å². The number of thiophene rings is 1. The summed E-state index contributed by atoms with van der Waals surface area (Å²) in [7, 11) is 0. The predicted octanol–water partition coefficient (Wildman–Crippen LogP) is 6.14. The van der Waals surface area contributed by atoms with E-state index >= 15 is 0 Å². The van der Waals surface area contributed by atoms with E-state index in [0.29, 0.717) is 17.9 Å². The molecule has 0 aliphatic rings. The van der Waals surface area contributed by atoms with Crippen LogP contribution >= 0.6 is 23.1 Å². The van der Waals surface area contributed by atoms with Gasteiger partial charge in [-0.1, -0.05) is 42.0 Å². The SMILES string of the molecule is CCOC(=O)c1cccc(CSc2ncnc3scc(-c4ccc(C)cc4)c23)c1. The largest absolute Gasteiger partial charge is 0.462 e. The molecular weight excluding hydrogens is 400 g/mol. The lowest BCUT2D eigenvalue weighted by Gasteiger charge is -2.07. The van der Waals surface area contributed by atoms with E-state index in [-0.39, 0.29) is 5.97 Å². The number of thioether (sulfide) groups is 1. The first-order valence-electron chi connectivity index (χ1n) is 9.34. The number of hydrogen-bond donors (Lipinski definition) is 0. The molecule has 0 unspecified atom stereocenters. The Balaban J connectivity index is 1.62. The van der Waals surface area contributed by atoms with Crippen LogP contribution in [0.1, 0.15) is 28.4 Å². The van der Waals surface area contributed by atoms with E-state index in [4.69, 9.17) is 4.74 Å². The molecule has 4 nitrogen and oxygen atoms in total. The summed E-state index contributed by atoms with van der Waals surface area (Å²) in [5, 5.41) is 4.19. The highest BCUT2D eigenvalue weighted by Gasteiger charge is 2.14.